The maximum atomic E-state index is 11.2. The van der Waals surface area contributed by atoms with Crippen LogP contribution in [-0.2, 0) is 6.42 Å². The third kappa shape index (κ3) is 2.56. The molecular weight excluding hydrogens is 208 g/mol. The largest absolute Gasteiger partial charge is 0.366 e. The van der Waals surface area contributed by atoms with Crippen LogP contribution in [0.15, 0.2) is 18.2 Å². The van der Waals surface area contributed by atoms with Crippen LogP contribution in [0.4, 0.5) is 5.69 Å². The summed E-state index contributed by atoms with van der Waals surface area (Å²) in [4.78, 5) is 21.5. The molecule has 0 bridgehead atoms. The van der Waals surface area contributed by atoms with Gasteiger partial charge in [0.1, 0.15) is 0 Å². The van der Waals surface area contributed by atoms with Gasteiger partial charge in [-0.3, -0.25) is 14.9 Å². The van der Waals surface area contributed by atoms with E-state index in [4.69, 9.17) is 5.73 Å². The molecule has 0 aromatic heterocycles. The monoisotopic (exact) mass is 222 g/mol. The van der Waals surface area contributed by atoms with Gasteiger partial charge in [-0.05, 0) is 18.9 Å². The Kier molecular flexibility index (Phi) is 3.99. The van der Waals surface area contributed by atoms with Crippen LogP contribution >= 0.6 is 0 Å². The van der Waals surface area contributed by atoms with Gasteiger partial charge in [-0.15, -0.1) is 0 Å². The molecule has 0 spiro atoms. The lowest BCUT2D eigenvalue weighted by Gasteiger charge is -2.06. The number of amides is 1. The highest BCUT2D eigenvalue weighted by atomic mass is 16.6. The van der Waals surface area contributed by atoms with E-state index in [1.165, 1.54) is 18.2 Å². The highest BCUT2D eigenvalue weighted by molar-refractivity contribution is 5.95. The van der Waals surface area contributed by atoms with Gasteiger partial charge in [0.25, 0.3) is 5.69 Å². The lowest BCUT2D eigenvalue weighted by atomic mass is 9.99. The summed E-state index contributed by atoms with van der Waals surface area (Å²) in [5.74, 6) is -0.616. The summed E-state index contributed by atoms with van der Waals surface area (Å²) in [6, 6.07) is 4.41. The number of hydrogen-bond donors (Lipinski definition) is 1. The molecular formula is C11H14N2O3. The summed E-state index contributed by atoms with van der Waals surface area (Å²) in [6.07, 6.45) is 2.21. The summed E-state index contributed by atoms with van der Waals surface area (Å²) < 4.78 is 0. The Morgan fingerprint density at radius 1 is 1.50 bits per heavy atom. The fourth-order valence-corrected chi connectivity index (χ4v) is 1.59. The fourth-order valence-electron chi connectivity index (χ4n) is 1.59. The normalized spacial score (nSPS) is 10.1. The van der Waals surface area contributed by atoms with E-state index in [0.29, 0.717) is 12.0 Å². The summed E-state index contributed by atoms with van der Waals surface area (Å²) in [5, 5.41) is 10.8. The predicted molar refractivity (Wildman–Crippen MR) is 60.2 cm³/mol. The molecule has 0 heterocycles. The molecule has 0 radical (unpaired) electrons. The maximum absolute atomic E-state index is 11.2. The second-order valence-electron chi connectivity index (χ2n) is 3.53. The zero-order valence-corrected chi connectivity index (χ0v) is 9.10. The van der Waals surface area contributed by atoms with Crippen molar-refractivity contribution in [3.05, 3.63) is 39.4 Å². The van der Waals surface area contributed by atoms with E-state index < -0.39 is 10.8 Å². The molecule has 1 amide bonds. The average molecular weight is 222 g/mol. The molecule has 86 valence electrons. The van der Waals surface area contributed by atoms with Gasteiger partial charge in [0.2, 0.25) is 5.91 Å². The highest BCUT2D eigenvalue weighted by Crippen LogP contribution is 2.24. The molecule has 1 aromatic carbocycles. The molecule has 0 saturated heterocycles. The summed E-state index contributed by atoms with van der Waals surface area (Å²) in [5.41, 5.74) is 5.87. The van der Waals surface area contributed by atoms with Crippen molar-refractivity contribution in [3.8, 4) is 0 Å². The second-order valence-corrected chi connectivity index (χ2v) is 3.53. The Balaban J connectivity index is 3.23. The molecule has 0 fully saturated rings. The van der Waals surface area contributed by atoms with Gasteiger partial charge in [-0.1, -0.05) is 19.4 Å². The predicted octanol–water partition coefficient (Wildman–Crippen LogP) is 2.04. The summed E-state index contributed by atoms with van der Waals surface area (Å²) in [7, 11) is 0. The van der Waals surface area contributed by atoms with Gasteiger partial charge in [0, 0.05) is 17.2 Å². The van der Waals surface area contributed by atoms with Gasteiger partial charge < -0.3 is 5.73 Å². The van der Waals surface area contributed by atoms with Gasteiger partial charge in [0.15, 0.2) is 0 Å². The standard InChI is InChI=1S/C11H14N2O3/c1-2-3-5-8-9(11(12)14)6-4-7-10(8)13(15)16/h4,6-7H,2-3,5H2,1H3,(H2,12,14). The van der Waals surface area contributed by atoms with E-state index in [1.807, 2.05) is 6.92 Å². The van der Waals surface area contributed by atoms with Crippen molar-refractivity contribution in [1.29, 1.82) is 0 Å². The Hall–Kier alpha value is -1.91. The lowest BCUT2D eigenvalue weighted by molar-refractivity contribution is -0.385. The molecule has 0 aliphatic rings. The van der Waals surface area contributed by atoms with Crippen molar-refractivity contribution >= 4 is 11.6 Å². The SMILES string of the molecule is CCCCc1c(C(N)=O)cccc1[N+](=O)[O-]. The minimum absolute atomic E-state index is 0.0234. The van der Waals surface area contributed by atoms with E-state index in [-0.39, 0.29) is 11.3 Å². The van der Waals surface area contributed by atoms with Crippen molar-refractivity contribution in [2.75, 3.05) is 0 Å². The van der Waals surface area contributed by atoms with Crippen LogP contribution in [0.3, 0.4) is 0 Å². The van der Waals surface area contributed by atoms with Crippen molar-refractivity contribution in [3.63, 3.8) is 0 Å². The first-order chi connectivity index (χ1) is 7.57. The Morgan fingerprint density at radius 2 is 2.19 bits per heavy atom. The quantitative estimate of drug-likeness (QED) is 0.610. The molecule has 0 aliphatic carbocycles. The number of carbonyl (C=O) groups excluding carboxylic acids is 1. The molecule has 0 atom stereocenters. The molecule has 1 rings (SSSR count). The van der Waals surface area contributed by atoms with Crippen molar-refractivity contribution < 1.29 is 9.72 Å². The van der Waals surface area contributed by atoms with Crippen LogP contribution in [0.5, 0.6) is 0 Å². The number of benzene rings is 1. The van der Waals surface area contributed by atoms with Crippen molar-refractivity contribution in [2.24, 2.45) is 5.73 Å². The highest BCUT2D eigenvalue weighted by Gasteiger charge is 2.19. The molecule has 16 heavy (non-hydrogen) atoms. The Bertz CT molecular complexity index is 383. The Labute approximate surface area is 93.4 Å². The van der Waals surface area contributed by atoms with Crippen LogP contribution in [0.2, 0.25) is 0 Å². The van der Waals surface area contributed by atoms with Crippen molar-refractivity contribution in [1.82, 2.24) is 0 Å². The van der Waals surface area contributed by atoms with Crippen LogP contribution in [0, 0.1) is 10.1 Å². The average Bonchev–Trinajstić information content (AvgIpc) is 2.25. The molecule has 5 heteroatoms. The number of nitro benzene ring substituents is 1. The van der Waals surface area contributed by atoms with Crippen LogP contribution in [0.25, 0.3) is 0 Å². The molecule has 2 N–H and O–H groups in total. The zero-order valence-electron chi connectivity index (χ0n) is 9.10. The summed E-state index contributed by atoms with van der Waals surface area (Å²) >= 11 is 0. The van der Waals surface area contributed by atoms with Gasteiger partial charge in [-0.2, -0.15) is 0 Å². The third-order valence-corrected chi connectivity index (χ3v) is 2.39. The number of unbranched alkanes of at least 4 members (excludes halogenated alkanes) is 1. The number of nitrogens with two attached hydrogens (primary N) is 1. The Morgan fingerprint density at radius 3 is 2.69 bits per heavy atom. The van der Waals surface area contributed by atoms with Gasteiger partial charge >= 0.3 is 0 Å². The van der Waals surface area contributed by atoms with Gasteiger partial charge in [0.05, 0.1) is 4.92 Å². The molecule has 0 unspecified atom stereocenters. The fraction of sp³-hybridized carbons (Fsp3) is 0.364. The zero-order chi connectivity index (χ0) is 12.1. The number of rotatable bonds is 5. The van der Waals surface area contributed by atoms with E-state index in [0.717, 1.165) is 12.8 Å². The van der Waals surface area contributed by atoms with E-state index in [2.05, 4.69) is 0 Å². The van der Waals surface area contributed by atoms with Crippen molar-refractivity contribution in [2.45, 2.75) is 26.2 Å². The third-order valence-electron chi connectivity index (χ3n) is 2.39. The molecule has 1 aromatic rings. The number of nitrogens with zero attached hydrogens (tertiary/aromatic N) is 1. The maximum Gasteiger partial charge on any atom is 0.273 e. The first-order valence-corrected chi connectivity index (χ1v) is 5.14. The number of carbonyl (C=O) groups is 1. The van der Waals surface area contributed by atoms with Gasteiger partial charge in [-0.25, -0.2) is 0 Å². The van der Waals surface area contributed by atoms with E-state index in [9.17, 15) is 14.9 Å². The molecule has 0 aliphatic heterocycles. The molecule has 0 saturated carbocycles. The first kappa shape index (κ1) is 12.2. The minimum Gasteiger partial charge on any atom is -0.366 e. The topological polar surface area (TPSA) is 86.2 Å². The first-order valence-electron chi connectivity index (χ1n) is 5.14. The smallest absolute Gasteiger partial charge is 0.273 e. The van der Waals surface area contributed by atoms with E-state index >= 15 is 0 Å². The summed E-state index contributed by atoms with van der Waals surface area (Å²) in [6.45, 7) is 1.98. The van der Waals surface area contributed by atoms with Crippen LogP contribution in [-0.4, -0.2) is 10.8 Å². The number of primary amides is 1. The lowest BCUT2D eigenvalue weighted by Crippen LogP contribution is -2.15. The number of nitro groups is 1. The van der Waals surface area contributed by atoms with Crippen LogP contribution < -0.4 is 5.73 Å². The second kappa shape index (κ2) is 5.25. The number of hydrogen-bond acceptors (Lipinski definition) is 3. The molecule has 5 nitrogen and oxygen atoms in total. The van der Waals surface area contributed by atoms with Crippen LogP contribution in [0.1, 0.15) is 35.7 Å². The minimum atomic E-state index is -0.616. The van der Waals surface area contributed by atoms with E-state index in [1.54, 1.807) is 0 Å².